The fraction of sp³-hybridized carbons (Fsp3) is 0.167. The molecule has 1 aromatic heterocycles. The van der Waals surface area contributed by atoms with Gasteiger partial charge >= 0.3 is 0 Å². The molecule has 0 saturated carbocycles. The molecule has 132 valence electrons. The van der Waals surface area contributed by atoms with Gasteiger partial charge in [-0.05, 0) is 23.3 Å². The minimum absolute atomic E-state index is 0.544. The van der Waals surface area contributed by atoms with Gasteiger partial charge in [0.15, 0.2) is 5.82 Å². The summed E-state index contributed by atoms with van der Waals surface area (Å²) in [4.78, 5) is 0.544. The fourth-order valence-corrected chi connectivity index (χ4v) is 3.98. The molecule has 4 rings (SSSR count). The van der Waals surface area contributed by atoms with Gasteiger partial charge in [-0.15, -0.1) is 10.2 Å². The van der Waals surface area contributed by atoms with Gasteiger partial charge in [0.05, 0.1) is 5.71 Å². The zero-order valence-electron chi connectivity index (χ0n) is 13.5. The predicted octanol–water partition coefficient (Wildman–Crippen LogP) is 4.54. The summed E-state index contributed by atoms with van der Waals surface area (Å²) >= 11 is 2.12. The molecule has 0 N–H and O–H groups in total. The first kappa shape index (κ1) is 17.2. The summed E-state index contributed by atoms with van der Waals surface area (Å²) in [6.07, 6.45) is 0.648. The van der Waals surface area contributed by atoms with E-state index in [0.29, 0.717) is 28.8 Å². The van der Waals surface area contributed by atoms with Gasteiger partial charge in [0.1, 0.15) is 0 Å². The van der Waals surface area contributed by atoms with Gasteiger partial charge in [0.25, 0.3) is 5.76 Å². The van der Waals surface area contributed by atoms with E-state index in [0.717, 1.165) is 27.8 Å². The smallest absolute Gasteiger partial charge is 0.198 e. The van der Waals surface area contributed by atoms with Crippen molar-refractivity contribution in [1.29, 1.82) is 0 Å². The second-order valence-corrected chi connectivity index (χ2v) is 7.62. The summed E-state index contributed by atoms with van der Waals surface area (Å²) in [6, 6.07) is 17.1. The first-order valence-electron chi connectivity index (χ1n) is 7.93. The van der Waals surface area contributed by atoms with Crippen molar-refractivity contribution < 1.29 is 8.78 Å². The molecule has 0 atom stereocenters. The van der Waals surface area contributed by atoms with Crippen molar-refractivity contribution in [3.63, 3.8) is 0 Å². The predicted molar refractivity (Wildman–Crippen MR) is 100 cm³/mol. The van der Waals surface area contributed by atoms with Crippen molar-refractivity contribution in [1.82, 2.24) is 14.9 Å². The molecule has 0 aliphatic carbocycles. The monoisotopic (exact) mass is 388 g/mol. The zero-order valence-corrected chi connectivity index (χ0v) is 15.2. The lowest BCUT2D eigenvalue weighted by Gasteiger charge is -2.14. The van der Waals surface area contributed by atoms with Gasteiger partial charge in [-0.2, -0.15) is 18.6 Å². The molecular weight excluding hydrogens is 374 g/mol. The Balaban J connectivity index is 1.59. The third-order valence-electron chi connectivity index (χ3n) is 3.85. The van der Waals surface area contributed by atoms with Crippen molar-refractivity contribution in [3.8, 4) is 0 Å². The molecule has 1 aliphatic heterocycles. The van der Waals surface area contributed by atoms with Crippen LogP contribution >= 0.6 is 23.5 Å². The maximum absolute atomic E-state index is 12.4. The maximum Gasteiger partial charge on any atom is 0.288 e. The number of halogens is 2. The molecular formula is C18H14F2N4S2. The van der Waals surface area contributed by atoms with Gasteiger partial charge < -0.3 is 0 Å². The van der Waals surface area contributed by atoms with E-state index in [-0.39, 0.29) is 0 Å². The first-order valence-corrected chi connectivity index (χ1v) is 9.80. The normalized spacial score (nSPS) is 13.6. The van der Waals surface area contributed by atoms with E-state index >= 15 is 0 Å². The summed E-state index contributed by atoms with van der Waals surface area (Å²) in [5, 5.41) is 13.9. The van der Waals surface area contributed by atoms with E-state index in [4.69, 9.17) is 5.10 Å². The lowest BCUT2D eigenvalue weighted by atomic mass is 10.1. The van der Waals surface area contributed by atoms with Crippen LogP contribution in [0.15, 0.2) is 69.8 Å². The number of benzene rings is 2. The highest BCUT2D eigenvalue weighted by molar-refractivity contribution is 8.00. The van der Waals surface area contributed by atoms with E-state index < -0.39 is 5.76 Å². The largest absolute Gasteiger partial charge is 0.288 e. The Bertz CT molecular complexity index is 924. The SMILES string of the molecule is FC(F)Sc1ccc(C2=Nn3c(Cc4ccccc4)nnc3SC2)cc1. The number of nitrogens with zero attached hydrogens (tertiary/aromatic N) is 4. The Labute approximate surface area is 157 Å². The summed E-state index contributed by atoms with van der Waals surface area (Å²) in [5.74, 6) is -0.963. The first-order chi connectivity index (χ1) is 12.7. The van der Waals surface area contributed by atoms with Crippen molar-refractivity contribution >= 4 is 29.2 Å². The Morgan fingerprint density at radius 1 is 1.04 bits per heavy atom. The molecule has 0 fully saturated rings. The van der Waals surface area contributed by atoms with Gasteiger partial charge in [0, 0.05) is 17.1 Å². The van der Waals surface area contributed by atoms with Crippen molar-refractivity contribution in [2.45, 2.75) is 22.2 Å². The van der Waals surface area contributed by atoms with Crippen LogP contribution in [0.25, 0.3) is 0 Å². The van der Waals surface area contributed by atoms with Crippen molar-refractivity contribution in [2.24, 2.45) is 5.10 Å². The highest BCUT2D eigenvalue weighted by Crippen LogP contribution is 2.28. The minimum atomic E-state index is -2.41. The standard InChI is InChI=1S/C18H14F2N4S2/c19-17(20)26-14-8-6-13(7-9-14)15-11-25-18-22-21-16(24(18)23-15)10-12-4-2-1-3-5-12/h1-9,17H,10-11H2. The van der Waals surface area contributed by atoms with E-state index in [2.05, 4.69) is 10.2 Å². The number of fused-ring (bicyclic) bond motifs is 1. The molecule has 0 unspecified atom stereocenters. The second-order valence-electron chi connectivity index (χ2n) is 5.61. The summed E-state index contributed by atoms with van der Waals surface area (Å²) in [6.45, 7) is 0. The van der Waals surface area contributed by atoms with Crippen LogP contribution in [0.5, 0.6) is 0 Å². The zero-order chi connectivity index (χ0) is 17.9. The molecule has 4 nitrogen and oxygen atoms in total. The molecule has 2 aromatic carbocycles. The maximum atomic E-state index is 12.4. The third kappa shape index (κ3) is 3.81. The Kier molecular flexibility index (Phi) is 5.03. The average molecular weight is 388 g/mol. The lowest BCUT2D eigenvalue weighted by Crippen LogP contribution is -2.14. The quantitative estimate of drug-likeness (QED) is 0.602. The molecule has 3 aromatic rings. The van der Waals surface area contributed by atoms with Crippen LogP contribution in [0.1, 0.15) is 17.0 Å². The Morgan fingerprint density at radius 2 is 1.81 bits per heavy atom. The van der Waals surface area contributed by atoms with E-state index in [1.54, 1.807) is 28.6 Å². The summed E-state index contributed by atoms with van der Waals surface area (Å²) in [5.41, 5.74) is 2.94. The highest BCUT2D eigenvalue weighted by Gasteiger charge is 2.20. The van der Waals surface area contributed by atoms with Gasteiger partial charge in [0.2, 0.25) is 5.16 Å². The van der Waals surface area contributed by atoms with Gasteiger partial charge in [-0.25, -0.2) is 0 Å². The van der Waals surface area contributed by atoms with Crippen LogP contribution in [0.3, 0.4) is 0 Å². The number of rotatable bonds is 5. The van der Waals surface area contributed by atoms with Crippen LogP contribution in [0, 0.1) is 0 Å². The minimum Gasteiger partial charge on any atom is -0.198 e. The number of aromatic nitrogens is 3. The van der Waals surface area contributed by atoms with Crippen LogP contribution < -0.4 is 0 Å². The van der Waals surface area contributed by atoms with Crippen LogP contribution in [-0.4, -0.2) is 32.1 Å². The van der Waals surface area contributed by atoms with Crippen molar-refractivity contribution in [2.75, 3.05) is 5.75 Å². The summed E-state index contributed by atoms with van der Waals surface area (Å²) in [7, 11) is 0. The number of hydrogen-bond donors (Lipinski definition) is 0. The number of thioether (sulfide) groups is 2. The molecule has 0 saturated heterocycles. The van der Waals surface area contributed by atoms with E-state index in [9.17, 15) is 8.78 Å². The molecule has 1 aliphatic rings. The van der Waals surface area contributed by atoms with Crippen LogP contribution in [-0.2, 0) is 6.42 Å². The summed E-state index contributed by atoms with van der Waals surface area (Å²) < 4.78 is 26.7. The Morgan fingerprint density at radius 3 is 2.54 bits per heavy atom. The lowest BCUT2D eigenvalue weighted by molar-refractivity contribution is 0.252. The number of hydrogen-bond acceptors (Lipinski definition) is 5. The van der Waals surface area contributed by atoms with Crippen molar-refractivity contribution in [3.05, 3.63) is 71.5 Å². The Hall–Kier alpha value is -2.19. The van der Waals surface area contributed by atoms with Gasteiger partial charge in [-0.3, -0.25) is 0 Å². The topological polar surface area (TPSA) is 43.1 Å². The van der Waals surface area contributed by atoms with Gasteiger partial charge in [-0.1, -0.05) is 66.0 Å². The molecule has 0 bridgehead atoms. The van der Waals surface area contributed by atoms with E-state index in [1.807, 2.05) is 42.5 Å². The second kappa shape index (κ2) is 7.59. The molecule has 2 heterocycles. The number of alkyl halides is 2. The molecule has 0 radical (unpaired) electrons. The average Bonchev–Trinajstić information content (AvgIpc) is 3.05. The fourth-order valence-electron chi connectivity index (χ4n) is 2.63. The molecule has 8 heteroatoms. The van der Waals surface area contributed by atoms with Crippen LogP contribution in [0.2, 0.25) is 0 Å². The van der Waals surface area contributed by atoms with Crippen LogP contribution in [0.4, 0.5) is 8.78 Å². The third-order valence-corrected chi connectivity index (χ3v) is 5.51. The highest BCUT2D eigenvalue weighted by atomic mass is 32.2. The van der Waals surface area contributed by atoms with E-state index in [1.165, 1.54) is 0 Å². The molecule has 26 heavy (non-hydrogen) atoms. The molecule has 0 spiro atoms. The molecule has 0 amide bonds.